The zero-order valence-corrected chi connectivity index (χ0v) is 15.1. The molecule has 0 spiro atoms. The third-order valence-electron chi connectivity index (χ3n) is 1.69. The van der Waals surface area contributed by atoms with Crippen molar-refractivity contribution >= 4 is 23.1 Å². The third-order valence-corrected chi connectivity index (χ3v) is 1.69. The van der Waals surface area contributed by atoms with E-state index in [0.717, 1.165) is 6.42 Å². The van der Waals surface area contributed by atoms with E-state index in [0.29, 0.717) is 0 Å². The van der Waals surface area contributed by atoms with Gasteiger partial charge in [0.15, 0.2) is 0 Å². The van der Waals surface area contributed by atoms with E-state index in [9.17, 15) is 0 Å². The fourth-order valence-corrected chi connectivity index (χ4v) is 1.20. The number of nitrogens with two attached hydrogens (primary N) is 3. The Kier molecular flexibility index (Phi) is 29.2. The zero-order valence-electron chi connectivity index (χ0n) is 11.2. The Morgan fingerprint density at radius 2 is 1.39 bits per heavy atom. The Bertz CT molecular complexity index is 284. The molecule has 0 saturated heterocycles. The normalized spacial score (nSPS) is 8.67. The second-order valence-corrected chi connectivity index (χ2v) is 6.11. The summed E-state index contributed by atoms with van der Waals surface area (Å²) in [4.78, 5) is 0. The molecule has 0 amide bonds. The molecule has 0 heterocycles. The summed E-state index contributed by atoms with van der Waals surface area (Å²) in [6.45, 7) is 0. The van der Waals surface area contributed by atoms with Gasteiger partial charge in [-0.1, -0.05) is 36.4 Å². The van der Waals surface area contributed by atoms with Crippen LogP contribution in [0, 0.1) is 0 Å². The van der Waals surface area contributed by atoms with Crippen LogP contribution in [0.5, 0.6) is 0 Å². The molecule has 1 aromatic carbocycles. The molecule has 1 aliphatic rings. The zero-order chi connectivity index (χ0) is 14.8. The third kappa shape index (κ3) is 12.8. The Labute approximate surface area is 129 Å². The molecule has 0 aromatic heterocycles. The first kappa shape index (κ1) is 23.4. The molecule has 2 rings (SSSR count). The molecule has 0 aliphatic heterocycles. The number of fused-ring (bicyclic) bond motifs is 1. The van der Waals surface area contributed by atoms with Crippen LogP contribution in [0.1, 0.15) is 11.1 Å². The number of benzene rings is 1. The first-order valence-electron chi connectivity index (χ1n) is 5.32. The summed E-state index contributed by atoms with van der Waals surface area (Å²) in [5.74, 6) is 0. The number of allylic oxidation sites excluding steroid dienone is 1. The van der Waals surface area contributed by atoms with Gasteiger partial charge in [0.25, 0.3) is 0 Å². The van der Waals surface area contributed by atoms with Crippen molar-refractivity contribution < 1.29 is 20.8 Å². The van der Waals surface area contributed by atoms with Crippen molar-refractivity contribution in [2.75, 3.05) is 21.1 Å². The van der Waals surface area contributed by atoms with Gasteiger partial charge in [-0.15, -0.1) is 0 Å². The topological polar surface area (TPSA) is 78.1 Å². The summed E-state index contributed by atoms with van der Waals surface area (Å²) in [7, 11) is 14.4. The molecule has 0 unspecified atom stereocenters. The Balaban J connectivity index is -0.000000215. The van der Waals surface area contributed by atoms with Gasteiger partial charge in [0.2, 0.25) is 0 Å². The van der Waals surface area contributed by atoms with Crippen molar-refractivity contribution in [3.05, 3.63) is 41.5 Å². The summed E-state index contributed by atoms with van der Waals surface area (Å²) >= 11 is -0.826. The molecule has 3 nitrogen and oxygen atoms in total. The van der Waals surface area contributed by atoms with E-state index in [4.69, 9.17) is 17.0 Å². The van der Waals surface area contributed by atoms with Crippen molar-refractivity contribution in [1.82, 2.24) is 0 Å². The molecule has 0 bridgehead atoms. The molecule has 104 valence electrons. The van der Waals surface area contributed by atoms with E-state index in [1.807, 2.05) is 0 Å². The van der Waals surface area contributed by atoms with Crippen LogP contribution in [0.3, 0.4) is 0 Å². The van der Waals surface area contributed by atoms with Crippen LogP contribution >= 0.6 is 17.0 Å². The number of rotatable bonds is 0. The number of halogens is 2. The van der Waals surface area contributed by atoms with Crippen molar-refractivity contribution in [3.8, 4) is 0 Å². The predicted molar refractivity (Wildman–Crippen MR) is 81.2 cm³/mol. The van der Waals surface area contributed by atoms with E-state index < -0.39 is 20.8 Å². The van der Waals surface area contributed by atoms with Crippen LogP contribution in [0.2, 0.25) is 0 Å². The van der Waals surface area contributed by atoms with E-state index in [-0.39, 0.29) is 0 Å². The standard InChI is InChI=1S/C9H8.3CH5N.2ClH.Zr/c1-2-5-9-7-3-6-8(9)4-1;3*1-2;;;/h1-6H,7H2;3*2H2,1H3;2*1H;/q;;;;;;+2/p-2. The van der Waals surface area contributed by atoms with Crippen LogP contribution < -0.4 is 17.2 Å². The summed E-state index contributed by atoms with van der Waals surface area (Å²) in [6.07, 6.45) is 5.50. The minimum atomic E-state index is -0.826. The van der Waals surface area contributed by atoms with Crippen molar-refractivity contribution in [2.24, 2.45) is 17.2 Å². The Morgan fingerprint density at radius 1 is 0.944 bits per heavy atom. The molecule has 0 fully saturated rings. The van der Waals surface area contributed by atoms with E-state index in [2.05, 4.69) is 53.6 Å². The van der Waals surface area contributed by atoms with Crippen molar-refractivity contribution in [1.29, 1.82) is 0 Å². The van der Waals surface area contributed by atoms with Gasteiger partial charge < -0.3 is 17.2 Å². The fraction of sp³-hybridized carbons (Fsp3) is 0.333. The van der Waals surface area contributed by atoms with Crippen LogP contribution in [0.4, 0.5) is 0 Å². The van der Waals surface area contributed by atoms with Crippen LogP contribution in [0.25, 0.3) is 6.08 Å². The van der Waals surface area contributed by atoms with Crippen LogP contribution in [-0.2, 0) is 27.3 Å². The maximum absolute atomic E-state index is 4.93. The molecule has 1 aromatic rings. The van der Waals surface area contributed by atoms with Crippen LogP contribution in [-0.4, -0.2) is 21.1 Å². The van der Waals surface area contributed by atoms with Gasteiger partial charge in [0, 0.05) is 0 Å². The molecule has 6 N–H and O–H groups in total. The van der Waals surface area contributed by atoms with Gasteiger partial charge in [-0.25, -0.2) is 0 Å². The summed E-state index contributed by atoms with van der Waals surface area (Å²) in [5.41, 5.74) is 16.3. The number of hydrogen-bond acceptors (Lipinski definition) is 3. The van der Waals surface area contributed by atoms with E-state index in [1.165, 1.54) is 32.3 Å². The van der Waals surface area contributed by atoms with Crippen molar-refractivity contribution in [3.63, 3.8) is 0 Å². The molecule has 6 heteroatoms. The molecular weight excluding hydrogens is 348 g/mol. The maximum atomic E-state index is 4.93. The quantitative estimate of drug-likeness (QED) is 0.655. The minimum absolute atomic E-state index is 0.826. The van der Waals surface area contributed by atoms with Crippen LogP contribution in [0.15, 0.2) is 30.3 Å². The molecular formula is C12H23Cl2N3Zr. The predicted octanol–water partition coefficient (Wildman–Crippen LogP) is 2.36. The molecule has 18 heavy (non-hydrogen) atoms. The van der Waals surface area contributed by atoms with Gasteiger partial charge in [0.05, 0.1) is 0 Å². The summed E-state index contributed by atoms with van der Waals surface area (Å²) in [6, 6.07) is 8.49. The van der Waals surface area contributed by atoms with Crippen molar-refractivity contribution in [2.45, 2.75) is 6.42 Å². The number of hydrogen-bond donors (Lipinski definition) is 3. The molecule has 1 aliphatic carbocycles. The average molecular weight is 371 g/mol. The SMILES string of the molecule is C1=Cc2ccccc2C1.CN.CN.CN.[Cl][Zr][Cl]. The summed E-state index contributed by atoms with van der Waals surface area (Å²) < 4.78 is 0. The second-order valence-electron chi connectivity index (χ2n) is 2.38. The first-order chi connectivity index (χ1) is 8.88. The van der Waals surface area contributed by atoms with Gasteiger partial charge in [-0.2, -0.15) is 0 Å². The van der Waals surface area contributed by atoms with E-state index >= 15 is 0 Å². The van der Waals surface area contributed by atoms with Gasteiger partial charge in [-0.3, -0.25) is 0 Å². The Hall–Kier alpha value is 0.303. The molecule has 0 atom stereocenters. The molecule has 0 radical (unpaired) electrons. The Morgan fingerprint density at radius 3 is 1.83 bits per heavy atom. The summed E-state index contributed by atoms with van der Waals surface area (Å²) in [5, 5.41) is 0. The first-order valence-corrected chi connectivity index (χ1v) is 11.7. The fourth-order valence-electron chi connectivity index (χ4n) is 1.20. The monoisotopic (exact) mass is 369 g/mol. The second kappa shape index (κ2) is 22.5. The van der Waals surface area contributed by atoms with Gasteiger partial charge in [0.1, 0.15) is 0 Å². The van der Waals surface area contributed by atoms with Gasteiger partial charge >= 0.3 is 37.9 Å². The van der Waals surface area contributed by atoms with Gasteiger partial charge in [-0.05, 0) is 38.7 Å². The van der Waals surface area contributed by atoms with E-state index in [1.54, 1.807) is 0 Å². The molecule has 0 saturated carbocycles. The average Bonchev–Trinajstić information content (AvgIpc) is 2.95.